The van der Waals surface area contributed by atoms with Crippen LogP contribution in [0.1, 0.15) is 28.7 Å². The first-order valence-corrected chi connectivity index (χ1v) is 9.32. The molecule has 0 amide bonds. The van der Waals surface area contributed by atoms with Crippen molar-refractivity contribution in [3.05, 3.63) is 45.7 Å². The summed E-state index contributed by atoms with van der Waals surface area (Å²) in [5.74, 6) is -0.348. The van der Waals surface area contributed by atoms with Crippen molar-refractivity contribution in [3.8, 4) is 5.69 Å². The highest BCUT2D eigenvalue weighted by Crippen LogP contribution is 2.29. The topological polar surface area (TPSA) is 56.6 Å². The highest BCUT2D eigenvalue weighted by atomic mass is 79.9. The average molecular weight is 406 g/mol. The molecule has 2 aromatic rings. The van der Waals surface area contributed by atoms with Crippen LogP contribution in [0.4, 0.5) is 0 Å². The minimum Gasteiger partial charge on any atom is -0.461 e. The van der Waals surface area contributed by atoms with Gasteiger partial charge in [-0.25, -0.2) is 9.48 Å². The van der Waals surface area contributed by atoms with Crippen LogP contribution in [-0.2, 0) is 22.4 Å². The molecule has 3 heterocycles. The molecule has 132 valence electrons. The number of carbonyl (C=O) groups is 1. The molecule has 1 aromatic carbocycles. The van der Waals surface area contributed by atoms with E-state index in [-0.39, 0.29) is 5.97 Å². The Morgan fingerprint density at radius 2 is 2.28 bits per heavy atom. The molecule has 2 aliphatic heterocycles. The zero-order valence-corrected chi connectivity index (χ0v) is 15.7. The summed E-state index contributed by atoms with van der Waals surface area (Å²) < 4.78 is 13.4. The first-order valence-electron chi connectivity index (χ1n) is 8.53. The molecular formula is C18H20BrN3O3. The number of aromatic nitrogens is 2. The predicted molar refractivity (Wildman–Crippen MR) is 95.9 cm³/mol. The number of rotatable bonds is 4. The first-order chi connectivity index (χ1) is 12.2. The van der Waals surface area contributed by atoms with Crippen molar-refractivity contribution in [1.29, 1.82) is 0 Å². The van der Waals surface area contributed by atoms with Crippen LogP contribution >= 0.6 is 15.9 Å². The Kier molecular flexibility index (Phi) is 4.62. The lowest BCUT2D eigenvalue weighted by Crippen LogP contribution is -2.50. The lowest BCUT2D eigenvalue weighted by Gasteiger charge is -2.39. The molecule has 25 heavy (non-hydrogen) atoms. The summed E-state index contributed by atoms with van der Waals surface area (Å²) in [6, 6.07) is 8.40. The van der Waals surface area contributed by atoms with Crippen LogP contribution < -0.4 is 0 Å². The van der Waals surface area contributed by atoms with Gasteiger partial charge in [-0.05, 0) is 25.1 Å². The number of hydrogen-bond donors (Lipinski definition) is 0. The largest absolute Gasteiger partial charge is 0.461 e. The first kappa shape index (κ1) is 16.8. The van der Waals surface area contributed by atoms with E-state index in [0.717, 1.165) is 47.6 Å². The number of fused-ring (bicyclic) bond motifs is 1. The van der Waals surface area contributed by atoms with Gasteiger partial charge in [0.15, 0.2) is 5.69 Å². The van der Waals surface area contributed by atoms with Crippen molar-refractivity contribution < 1.29 is 14.3 Å². The number of halogens is 1. The van der Waals surface area contributed by atoms with Gasteiger partial charge in [-0.3, -0.25) is 4.90 Å². The molecule has 1 fully saturated rings. The normalized spacial score (nSPS) is 17.8. The fraction of sp³-hybridized carbons (Fsp3) is 0.444. The van der Waals surface area contributed by atoms with E-state index in [1.54, 1.807) is 0 Å². The van der Waals surface area contributed by atoms with Crippen LogP contribution in [0.5, 0.6) is 0 Å². The smallest absolute Gasteiger partial charge is 0.359 e. The molecule has 0 spiro atoms. The fourth-order valence-electron chi connectivity index (χ4n) is 3.37. The molecule has 1 aromatic heterocycles. The monoisotopic (exact) mass is 405 g/mol. The maximum atomic E-state index is 12.4. The van der Waals surface area contributed by atoms with Crippen LogP contribution in [0.2, 0.25) is 0 Å². The number of nitrogens with zero attached hydrogens (tertiary/aromatic N) is 3. The van der Waals surface area contributed by atoms with Gasteiger partial charge in [0.1, 0.15) is 0 Å². The van der Waals surface area contributed by atoms with Crippen molar-refractivity contribution in [2.45, 2.75) is 25.9 Å². The molecule has 0 saturated carbocycles. The molecule has 7 heteroatoms. The van der Waals surface area contributed by atoms with E-state index in [9.17, 15) is 4.79 Å². The van der Waals surface area contributed by atoms with Crippen molar-refractivity contribution in [3.63, 3.8) is 0 Å². The molecule has 0 unspecified atom stereocenters. The third-order valence-corrected chi connectivity index (χ3v) is 5.24. The van der Waals surface area contributed by atoms with Crippen molar-refractivity contribution in [2.75, 3.05) is 26.4 Å². The number of carbonyl (C=O) groups excluding carboxylic acids is 1. The van der Waals surface area contributed by atoms with Gasteiger partial charge in [0.25, 0.3) is 0 Å². The van der Waals surface area contributed by atoms with Crippen molar-refractivity contribution in [1.82, 2.24) is 14.7 Å². The van der Waals surface area contributed by atoms with E-state index in [1.165, 1.54) is 0 Å². The zero-order valence-electron chi connectivity index (χ0n) is 14.1. The maximum absolute atomic E-state index is 12.4. The number of hydrogen-bond acceptors (Lipinski definition) is 5. The highest BCUT2D eigenvalue weighted by molar-refractivity contribution is 9.10. The van der Waals surface area contributed by atoms with E-state index in [2.05, 4.69) is 25.9 Å². The van der Waals surface area contributed by atoms with E-state index in [4.69, 9.17) is 9.47 Å². The lowest BCUT2D eigenvalue weighted by atomic mass is 10.0. The Labute approximate surface area is 154 Å². The lowest BCUT2D eigenvalue weighted by molar-refractivity contribution is -0.0697. The molecule has 0 bridgehead atoms. The number of ether oxygens (including phenoxy) is 2. The molecular weight excluding hydrogens is 386 g/mol. The predicted octanol–water partition coefficient (Wildman–Crippen LogP) is 2.57. The summed E-state index contributed by atoms with van der Waals surface area (Å²) in [6.07, 6.45) is 0.852. The Morgan fingerprint density at radius 3 is 2.96 bits per heavy atom. The molecule has 4 rings (SSSR count). The fourth-order valence-corrected chi connectivity index (χ4v) is 3.76. The Balaban J connectivity index is 1.75. The quantitative estimate of drug-likeness (QED) is 0.731. The third kappa shape index (κ3) is 3.12. The third-order valence-electron chi connectivity index (χ3n) is 4.75. The summed E-state index contributed by atoms with van der Waals surface area (Å²) in [5, 5.41) is 4.62. The summed E-state index contributed by atoms with van der Waals surface area (Å²) in [4.78, 5) is 14.8. The second kappa shape index (κ2) is 6.90. The van der Waals surface area contributed by atoms with Gasteiger partial charge in [-0.15, -0.1) is 0 Å². The van der Waals surface area contributed by atoms with Gasteiger partial charge < -0.3 is 9.47 Å². The second-order valence-electron chi connectivity index (χ2n) is 6.30. The second-order valence-corrected chi connectivity index (χ2v) is 7.21. The van der Waals surface area contributed by atoms with Crippen LogP contribution in [0, 0.1) is 0 Å². The molecule has 0 aliphatic carbocycles. The van der Waals surface area contributed by atoms with Crippen LogP contribution in [0.25, 0.3) is 5.69 Å². The van der Waals surface area contributed by atoms with E-state index in [1.807, 2.05) is 35.9 Å². The van der Waals surface area contributed by atoms with Crippen LogP contribution in [-0.4, -0.2) is 53.1 Å². The Morgan fingerprint density at radius 1 is 1.44 bits per heavy atom. The molecule has 0 atom stereocenters. The maximum Gasteiger partial charge on any atom is 0.359 e. The van der Waals surface area contributed by atoms with Gasteiger partial charge in [-0.2, -0.15) is 5.10 Å². The molecule has 1 saturated heterocycles. The van der Waals surface area contributed by atoms with E-state index >= 15 is 0 Å². The summed E-state index contributed by atoms with van der Waals surface area (Å²) in [5.41, 5.74) is 3.46. The van der Waals surface area contributed by atoms with Crippen molar-refractivity contribution in [2.24, 2.45) is 0 Å². The summed E-state index contributed by atoms with van der Waals surface area (Å²) in [7, 11) is 0. The van der Waals surface area contributed by atoms with Crippen molar-refractivity contribution >= 4 is 21.9 Å². The molecule has 2 aliphatic rings. The Hall–Kier alpha value is -1.70. The SMILES string of the molecule is CCOC(=O)c1nn(-c2cccc(Br)c2)c2c1CN(C1COC1)CC2. The van der Waals surface area contributed by atoms with Gasteiger partial charge in [0.05, 0.1) is 37.2 Å². The molecule has 6 nitrogen and oxygen atoms in total. The average Bonchev–Trinajstić information content (AvgIpc) is 2.92. The minimum absolute atomic E-state index is 0.345. The van der Waals surface area contributed by atoms with Gasteiger partial charge in [0.2, 0.25) is 0 Å². The van der Waals surface area contributed by atoms with Gasteiger partial charge in [-0.1, -0.05) is 22.0 Å². The van der Waals surface area contributed by atoms with Crippen LogP contribution in [0.3, 0.4) is 0 Å². The van der Waals surface area contributed by atoms with E-state index < -0.39 is 0 Å². The highest BCUT2D eigenvalue weighted by Gasteiger charge is 2.34. The Bertz CT molecular complexity index is 801. The standard InChI is InChI=1S/C18H20BrN3O3/c1-2-25-18(23)17-15-9-21(14-10-24-11-14)7-6-16(15)22(20-17)13-5-3-4-12(19)8-13/h3-5,8,14H,2,6-7,9-11H2,1H3. The zero-order chi connectivity index (χ0) is 17.4. The molecule has 0 N–H and O–H groups in total. The van der Waals surface area contributed by atoms with Gasteiger partial charge >= 0.3 is 5.97 Å². The summed E-state index contributed by atoms with van der Waals surface area (Å²) in [6.45, 7) is 5.35. The van der Waals surface area contributed by atoms with Gasteiger partial charge in [0, 0.05) is 29.5 Å². The number of esters is 1. The minimum atomic E-state index is -0.348. The van der Waals surface area contributed by atoms with E-state index in [0.29, 0.717) is 24.9 Å². The van der Waals surface area contributed by atoms with Crippen LogP contribution in [0.15, 0.2) is 28.7 Å². The summed E-state index contributed by atoms with van der Waals surface area (Å²) >= 11 is 3.51. The number of benzene rings is 1. The molecule has 0 radical (unpaired) electrons.